The van der Waals surface area contributed by atoms with E-state index in [2.05, 4.69) is 208 Å². The van der Waals surface area contributed by atoms with Crippen molar-refractivity contribution in [3.63, 3.8) is 0 Å². The maximum absolute atomic E-state index is 5.31. The third-order valence-electron chi connectivity index (χ3n) is 14.1. The lowest BCUT2D eigenvalue weighted by atomic mass is 9.66. The first-order valence-electron chi connectivity index (χ1n) is 22.9. The van der Waals surface area contributed by atoms with Gasteiger partial charge in [-0.3, -0.25) is 9.97 Å². The van der Waals surface area contributed by atoms with Gasteiger partial charge in [-0.25, -0.2) is 9.97 Å². The minimum absolute atomic E-state index is 0.694. The monoisotopic (exact) mass is 854 g/mol. The maximum Gasteiger partial charge on any atom is 0.0972 e. The second-order valence-corrected chi connectivity index (χ2v) is 17.9. The Morgan fingerprint density at radius 1 is 0.313 bits per heavy atom. The van der Waals surface area contributed by atoms with Crippen molar-refractivity contribution in [2.75, 3.05) is 0 Å². The fourth-order valence-electron chi connectivity index (χ4n) is 10.8. The lowest BCUT2D eigenvalue weighted by molar-refractivity contribution is 0.767. The zero-order chi connectivity index (χ0) is 44.6. The third kappa shape index (κ3) is 6.14. The van der Waals surface area contributed by atoms with Crippen LogP contribution in [0.25, 0.3) is 99.5 Å². The van der Waals surface area contributed by atoms with Crippen molar-refractivity contribution < 1.29 is 0 Å². The van der Waals surface area contributed by atoms with Gasteiger partial charge in [-0.05, 0) is 117 Å². The van der Waals surface area contributed by atoms with E-state index in [-0.39, 0.29) is 0 Å². The molecule has 0 saturated heterocycles. The molecule has 0 N–H and O–H groups in total. The number of rotatable bonds is 6. The van der Waals surface area contributed by atoms with E-state index in [1.54, 1.807) is 0 Å². The average Bonchev–Trinajstić information content (AvgIpc) is 3.68. The van der Waals surface area contributed by atoms with Gasteiger partial charge < -0.3 is 0 Å². The van der Waals surface area contributed by atoms with Gasteiger partial charge in [0, 0.05) is 45.1 Å². The van der Waals surface area contributed by atoms with Crippen LogP contribution in [-0.2, 0) is 5.41 Å². The lowest BCUT2D eigenvalue weighted by Gasteiger charge is -2.35. The molecule has 67 heavy (non-hydrogen) atoms. The molecule has 0 fully saturated rings. The molecule has 0 saturated carbocycles. The molecule has 1 aliphatic rings. The minimum Gasteiger partial charge on any atom is -0.254 e. The Labute approximate surface area is 389 Å². The van der Waals surface area contributed by atoms with Crippen molar-refractivity contribution >= 4 is 43.6 Å². The Kier molecular flexibility index (Phi) is 8.84. The number of pyridine rings is 4. The molecule has 4 aromatic heterocycles. The van der Waals surface area contributed by atoms with E-state index in [0.29, 0.717) is 0 Å². The second kappa shape index (κ2) is 15.3. The molecular weight excluding hydrogens is 813 g/mol. The Hall–Kier alpha value is -8.60. The number of nitrogens with zero attached hydrogens (tertiary/aromatic N) is 4. The molecule has 0 spiro atoms. The summed E-state index contributed by atoms with van der Waals surface area (Å²) >= 11 is 0. The van der Waals surface area contributed by atoms with Crippen LogP contribution in [0.4, 0.5) is 0 Å². The fraction of sp³-hybridized carbons (Fsp3) is 0.0476. The first-order valence-corrected chi connectivity index (χ1v) is 22.9. The van der Waals surface area contributed by atoms with E-state index in [0.717, 1.165) is 77.3 Å². The van der Waals surface area contributed by atoms with Crippen molar-refractivity contribution in [3.8, 4) is 55.9 Å². The summed E-state index contributed by atoms with van der Waals surface area (Å²) in [7, 11) is 0. The molecule has 0 bridgehead atoms. The van der Waals surface area contributed by atoms with Crippen LogP contribution in [0.15, 0.2) is 219 Å². The van der Waals surface area contributed by atoms with Crippen LogP contribution in [0.1, 0.15) is 33.4 Å². The van der Waals surface area contributed by atoms with Gasteiger partial charge in [0.05, 0.1) is 38.9 Å². The molecule has 4 heteroatoms. The van der Waals surface area contributed by atoms with Gasteiger partial charge in [-0.2, -0.15) is 0 Å². The van der Waals surface area contributed by atoms with Gasteiger partial charge in [0.25, 0.3) is 0 Å². The van der Waals surface area contributed by atoms with Gasteiger partial charge in [-0.15, -0.1) is 0 Å². The zero-order valence-electron chi connectivity index (χ0n) is 37.1. The average molecular weight is 855 g/mol. The molecule has 13 rings (SSSR count). The van der Waals surface area contributed by atoms with Gasteiger partial charge in [-0.1, -0.05) is 170 Å². The van der Waals surface area contributed by atoms with Crippen molar-refractivity contribution in [1.29, 1.82) is 0 Å². The van der Waals surface area contributed by atoms with E-state index in [1.165, 1.54) is 55.6 Å². The number of fused-ring (bicyclic) bond motifs is 9. The van der Waals surface area contributed by atoms with Crippen molar-refractivity contribution in [3.05, 3.63) is 252 Å². The summed E-state index contributed by atoms with van der Waals surface area (Å²) in [6.07, 6.45) is 3.70. The molecule has 0 radical (unpaired) electrons. The highest BCUT2D eigenvalue weighted by atomic mass is 14.8. The van der Waals surface area contributed by atoms with Crippen molar-refractivity contribution in [1.82, 2.24) is 19.9 Å². The van der Waals surface area contributed by atoms with Crippen LogP contribution < -0.4 is 0 Å². The van der Waals surface area contributed by atoms with E-state index in [1.807, 2.05) is 24.5 Å². The summed E-state index contributed by atoms with van der Waals surface area (Å²) in [5, 5.41) is 4.32. The Balaban J connectivity index is 1.06. The molecule has 8 aromatic carbocycles. The molecule has 0 unspecified atom stereocenters. The Morgan fingerprint density at radius 3 is 1.15 bits per heavy atom. The topological polar surface area (TPSA) is 51.6 Å². The summed E-state index contributed by atoms with van der Waals surface area (Å²) in [5.74, 6) is 0. The molecular formula is C63H42N4. The molecule has 12 aromatic rings. The van der Waals surface area contributed by atoms with E-state index < -0.39 is 5.41 Å². The van der Waals surface area contributed by atoms with Gasteiger partial charge in [0.2, 0.25) is 0 Å². The Bertz CT molecular complexity index is 3690. The third-order valence-corrected chi connectivity index (χ3v) is 14.1. The van der Waals surface area contributed by atoms with E-state index in [9.17, 15) is 0 Å². The number of hydrogen-bond acceptors (Lipinski definition) is 4. The number of aromatic nitrogens is 4. The molecule has 4 heterocycles. The highest BCUT2D eigenvalue weighted by Crippen LogP contribution is 2.58. The quantitative estimate of drug-likeness (QED) is 0.156. The standard InChI is InChI=1S/C63H42N4/c1-39-35-49(25-29-51(39)57-31-23-45-19-17-43-15-9-33-64-59(43)61(45)66-57)63(50-26-30-52(40(2)36-50)58-32-24-46-20-18-44-16-10-34-65-60(44)62(46)67-58)55-37-47(41-11-5-3-6-12-41)21-27-53(55)54-28-22-48(38-56(54)63)42-13-7-4-8-14-42/h3-38H,1-2H3. The summed E-state index contributed by atoms with van der Waals surface area (Å²) in [6.45, 7) is 4.46. The summed E-state index contributed by atoms with van der Waals surface area (Å²) in [6, 6.07) is 75.1. The van der Waals surface area contributed by atoms with Gasteiger partial charge >= 0.3 is 0 Å². The van der Waals surface area contributed by atoms with Gasteiger partial charge in [0.15, 0.2) is 0 Å². The van der Waals surface area contributed by atoms with Crippen LogP contribution in [0.5, 0.6) is 0 Å². The zero-order valence-corrected chi connectivity index (χ0v) is 37.1. The maximum atomic E-state index is 5.31. The van der Waals surface area contributed by atoms with Crippen LogP contribution in [0, 0.1) is 13.8 Å². The first-order chi connectivity index (χ1) is 33.0. The van der Waals surface area contributed by atoms with E-state index in [4.69, 9.17) is 19.9 Å². The summed E-state index contributed by atoms with van der Waals surface area (Å²) < 4.78 is 0. The van der Waals surface area contributed by atoms with Crippen LogP contribution in [0.3, 0.4) is 0 Å². The highest BCUT2D eigenvalue weighted by molar-refractivity contribution is 6.04. The van der Waals surface area contributed by atoms with Crippen LogP contribution in [-0.4, -0.2) is 19.9 Å². The molecule has 0 atom stereocenters. The molecule has 0 aliphatic heterocycles. The summed E-state index contributed by atoms with van der Waals surface area (Å²) in [4.78, 5) is 20.2. The largest absolute Gasteiger partial charge is 0.254 e. The van der Waals surface area contributed by atoms with Crippen LogP contribution >= 0.6 is 0 Å². The Morgan fingerprint density at radius 2 is 0.716 bits per heavy atom. The molecule has 4 nitrogen and oxygen atoms in total. The summed E-state index contributed by atoms with van der Waals surface area (Å²) in [5.41, 5.74) is 21.5. The van der Waals surface area contributed by atoms with Gasteiger partial charge in [0.1, 0.15) is 0 Å². The molecule has 314 valence electrons. The fourth-order valence-corrected chi connectivity index (χ4v) is 10.8. The predicted molar refractivity (Wildman–Crippen MR) is 276 cm³/mol. The molecule has 0 amide bonds. The van der Waals surface area contributed by atoms with E-state index >= 15 is 0 Å². The predicted octanol–water partition coefficient (Wildman–Crippen LogP) is 15.5. The smallest absolute Gasteiger partial charge is 0.0972 e. The number of aryl methyl sites for hydroxylation is 2. The van der Waals surface area contributed by atoms with Crippen LogP contribution in [0.2, 0.25) is 0 Å². The van der Waals surface area contributed by atoms with Crippen molar-refractivity contribution in [2.24, 2.45) is 0 Å². The highest BCUT2D eigenvalue weighted by Gasteiger charge is 2.47. The number of hydrogen-bond donors (Lipinski definition) is 0. The minimum atomic E-state index is -0.694. The first kappa shape index (κ1) is 38.8. The number of benzene rings is 8. The normalized spacial score (nSPS) is 12.7. The molecule has 1 aliphatic carbocycles. The lowest BCUT2D eigenvalue weighted by Crippen LogP contribution is -2.29. The second-order valence-electron chi connectivity index (χ2n) is 17.9. The SMILES string of the molecule is Cc1cc(C2(c3ccc(-c4ccc5ccc6cccnc6c5n4)c(C)c3)c3cc(-c4ccccc4)ccc3-c3ccc(-c4ccccc4)cc32)ccc1-c1ccc2ccc3cccnc3c2n1. The van der Waals surface area contributed by atoms with Crippen molar-refractivity contribution in [2.45, 2.75) is 19.3 Å².